The Morgan fingerprint density at radius 1 is 0.486 bits per heavy atom. The minimum absolute atomic E-state index is 0.850. The standard InChI is InChI=1S/C33H28BrP/c34-35(31-20-10-3-11-21-31,32-22-12-4-13-23-32,33-24-14-5-15-25-33)27-30(29-18-8-2-9-19-29)26-28-16-6-1-7-17-28/h1-26H,27H2. The van der Waals surface area contributed by atoms with Crippen molar-refractivity contribution in [2.75, 3.05) is 6.16 Å². The van der Waals surface area contributed by atoms with Crippen LogP contribution in [0, 0.1) is 0 Å². The zero-order valence-electron chi connectivity index (χ0n) is 19.5. The van der Waals surface area contributed by atoms with E-state index in [4.69, 9.17) is 0 Å². The van der Waals surface area contributed by atoms with Crippen LogP contribution in [0.25, 0.3) is 11.6 Å². The summed E-state index contributed by atoms with van der Waals surface area (Å²) in [6, 6.07) is 54.4. The van der Waals surface area contributed by atoms with Crippen molar-refractivity contribution < 1.29 is 0 Å². The molecule has 0 N–H and O–H groups in total. The van der Waals surface area contributed by atoms with Gasteiger partial charge >= 0.3 is 217 Å². The van der Waals surface area contributed by atoms with Gasteiger partial charge in [0.1, 0.15) is 0 Å². The molecule has 0 bridgehead atoms. The van der Waals surface area contributed by atoms with Crippen molar-refractivity contribution in [2.24, 2.45) is 0 Å². The molecule has 0 unspecified atom stereocenters. The van der Waals surface area contributed by atoms with Crippen LogP contribution in [0.1, 0.15) is 11.1 Å². The molecule has 0 nitrogen and oxygen atoms in total. The summed E-state index contributed by atoms with van der Waals surface area (Å²) in [6.07, 6.45) is 3.20. The average molecular weight is 535 g/mol. The van der Waals surface area contributed by atoms with Gasteiger partial charge in [-0.15, -0.1) is 0 Å². The van der Waals surface area contributed by atoms with Gasteiger partial charge in [0.05, 0.1) is 0 Å². The monoisotopic (exact) mass is 534 g/mol. The number of hydrogen-bond acceptors (Lipinski definition) is 0. The van der Waals surface area contributed by atoms with Crippen molar-refractivity contribution >= 4 is 48.4 Å². The van der Waals surface area contributed by atoms with E-state index in [1.165, 1.54) is 32.6 Å². The number of allylic oxidation sites excluding steroid dienone is 1. The fourth-order valence-corrected chi connectivity index (χ4v) is 12.6. The summed E-state index contributed by atoms with van der Waals surface area (Å²) in [7, 11) is 0. The van der Waals surface area contributed by atoms with Gasteiger partial charge in [-0.1, -0.05) is 0 Å². The normalized spacial score (nSPS) is 13.1. The molecule has 0 aliphatic rings. The van der Waals surface area contributed by atoms with E-state index < -0.39 is 5.31 Å². The van der Waals surface area contributed by atoms with E-state index in [9.17, 15) is 0 Å². The van der Waals surface area contributed by atoms with Gasteiger partial charge in [-0.3, -0.25) is 0 Å². The molecule has 5 rings (SSSR count). The molecule has 0 amide bonds. The summed E-state index contributed by atoms with van der Waals surface area (Å²) in [6.45, 7) is 0. The molecule has 172 valence electrons. The summed E-state index contributed by atoms with van der Waals surface area (Å²) >= 11 is 4.62. The van der Waals surface area contributed by atoms with E-state index >= 15 is 0 Å². The minimum atomic E-state index is -3.10. The molecule has 0 aliphatic carbocycles. The second-order valence-electron chi connectivity index (χ2n) is 8.79. The molecule has 0 saturated heterocycles. The topological polar surface area (TPSA) is 0 Å². The van der Waals surface area contributed by atoms with Gasteiger partial charge in [0.2, 0.25) is 0 Å². The molecule has 0 aromatic heterocycles. The van der Waals surface area contributed by atoms with E-state index in [1.807, 2.05) is 0 Å². The van der Waals surface area contributed by atoms with Crippen LogP contribution >= 0.6 is 20.8 Å². The molecule has 0 atom stereocenters. The van der Waals surface area contributed by atoms with Crippen molar-refractivity contribution in [1.29, 1.82) is 0 Å². The molecule has 5 aromatic rings. The molecule has 0 saturated carbocycles. The van der Waals surface area contributed by atoms with Crippen LogP contribution in [0.2, 0.25) is 0 Å². The fraction of sp³-hybridized carbons (Fsp3) is 0.0303. The molecule has 35 heavy (non-hydrogen) atoms. The molecular formula is C33H28BrP. The van der Waals surface area contributed by atoms with Crippen molar-refractivity contribution in [3.05, 3.63) is 163 Å². The predicted octanol–water partition coefficient (Wildman–Crippen LogP) is 8.07. The Hall–Kier alpha value is -3.25. The van der Waals surface area contributed by atoms with Crippen molar-refractivity contribution in [3.63, 3.8) is 0 Å². The zero-order valence-corrected chi connectivity index (χ0v) is 22.0. The molecular weight excluding hydrogens is 507 g/mol. The molecule has 0 radical (unpaired) electrons. The molecule has 2 heteroatoms. The maximum absolute atomic E-state index is 4.62. The first-order valence-corrected chi connectivity index (χ1v) is 16.3. The Bertz CT molecular complexity index is 1300. The Morgan fingerprint density at radius 3 is 1.23 bits per heavy atom. The molecule has 0 spiro atoms. The van der Waals surface area contributed by atoms with Gasteiger partial charge in [0.25, 0.3) is 0 Å². The van der Waals surface area contributed by atoms with Crippen molar-refractivity contribution in [2.45, 2.75) is 0 Å². The summed E-state index contributed by atoms with van der Waals surface area (Å²) < 4.78 is 0. The van der Waals surface area contributed by atoms with Crippen molar-refractivity contribution in [3.8, 4) is 0 Å². The van der Waals surface area contributed by atoms with E-state index in [0.29, 0.717) is 0 Å². The van der Waals surface area contributed by atoms with Gasteiger partial charge in [0.15, 0.2) is 0 Å². The summed E-state index contributed by atoms with van der Waals surface area (Å²) in [5, 5.41) is 0.871. The zero-order chi connectivity index (χ0) is 24.0. The summed E-state index contributed by atoms with van der Waals surface area (Å²) in [5.41, 5.74) is 3.76. The summed E-state index contributed by atoms with van der Waals surface area (Å²) in [5.74, 6) is 0. The second kappa shape index (κ2) is 10.2. The van der Waals surface area contributed by atoms with Gasteiger partial charge < -0.3 is 0 Å². The average Bonchev–Trinajstić information content (AvgIpc) is 2.95. The first kappa shape index (κ1) is 23.5. The molecule has 5 aromatic carbocycles. The predicted molar refractivity (Wildman–Crippen MR) is 160 cm³/mol. The third kappa shape index (κ3) is 4.55. The maximum atomic E-state index is 4.62. The van der Waals surface area contributed by atoms with Gasteiger partial charge in [0, 0.05) is 0 Å². The van der Waals surface area contributed by atoms with Crippen LogP contribution in [-0.2, 0) is 0 Å². The first-order valence-electron chi connectivity index (χ1n) is 11.9. The second-order valence-corrected chi connectivity index (χ2v) is 17.7. The van der Waals surface area contributed by atoms with Crippen LogP contribution in [0.4, 0.5) is 0 Å². The quantitative estimate of drug-likeness (QED) is 0.146. The molecule has 0 heterocycles. The first-order chi connectivity index (χ1) is 17.2. The van der Waals surface area contributed by atoms with Crippen LogP contribution in [0.15, 0.2) is 152 Å². The Kier molecular flexibility index (Phi) is 6.82. The van der Waals surface area contributed by atoms with Crippen molar-refractivity contribution in [1.82, 2.24) is 0 Å². The summed E-state index contributed by atoms with van der Waals surface area (Å²) in [4.78, 5) is 0. The Labute approximate surface area is 216 Å². The fourth-order valence-electron chi connectivity index (χ4n) is 4.88. The number of benzene rings is 5. The van der Waals surface area contributed by atoms with Crippen LogP contribution in [0.5, 0.6) is 0 Å². The Balaban J connectivity index is 1.84. The van der Waals surface area contributed by atoms with E-state index in [-0.39, 0.29) is 0 Å². The number of halogens is 1. The van der Waals surface area contributed by atoms with Gasteiger partial charge in [-0.2, -0.15) is 0 Å². The van der Waals surface area contributed by atoms with Crippen LogP contribution < -0.4 is 15.9 Å². The SMILES string of the molecule is BrP(CC(=Cc1ccccc1)c1ccccc1)(c1ccccc1)(c1ccccc1)c1ccccc1. The number of rotatable bonds is 7. The van der Waals surface area contributed by atoms with E-state index in [0.717, 1.165) is 6.16 Å². The Morgan fingerprint density at radius 2 is 0.829 bits per heavy atom. The van der Waals surface area contributed by atoms with Crippen LogP contribution in [0.3, 0.4) is 0 Å². The van der Waals surface area contributed by atoms with Crippen LogP contribution in [-0.4, -0.2) is 6.16 Å². The molecule has 0 fully saturated rings. The van der Waals surface area contributed by atoms with E-state index in [1.54, 1.807) is 0 Å². The third-order valence-electron chi connectivity index (χ3n) is 6.64. The van der Waals surface area contributed by atoms with Gasteiger partial charge in [-0.05, 0) is 0 Å². The van der Waals surface area contributed by atoms with E-state index in [2.05, 4.69) is 173 Å². The molecule has 0 aliphatic heterocycles. The third-order valence-corrected chi connectivity index (χ3v) is 16.1. The van der Waals surface area contributed by atoms with Gasteiger partial charge in [-0.25, -0.2) is 0 Å². The number of hydrogen-bond donors (Lipinski definition) is 0.